The molecule has 5 heteroatoms. The van der Waals surface area contributed by atoms with E-state index in [-0.39, 0.29) is 5.69 Å². The molecule has 0 aliphatic rings. The SMILES string of the molecule is N#Cc1ccc(-n2cc(C=O)nn2)cc1. The van der Waals surface area contributed by atoms with E-state index in [1.54, 1.807) is 24.3 Å². The van der Waals surface area contributed by atoms with Crippen LogP contribution in [-0.2, 0) is 0 Å². The second kappa shape index (κ2) is 3.72. The fraction of sp³-hybridized carbons (Fsp3) is 0. The number of benzene rings is 1. The summed E-state index contributed by atoms with van der Waals surface area (Å²) in [7, 11) is 0. The Morgan fingerprint density at radius 2 is 2.07 bits per heavy atom. The highest BCUT2D eigenvalue weighted by molar-refractivity contribution is 5.70. The van der Waals surface area contributed by atoms with E-state index in [1.165, 1.54) is 10.9 Å². The molecule has 1 aromatic heterocycles. The molecule has 0 spiro atoms. The third-order valence-corrected chi connectivity index (χ3v) is 1.89. The molecule has 0 aliphatic carbocycles. The zero-order valence-electron chi connectivity index (χ0n) is 7.66. The Morgan fingerprint density at radius 1 is 1.33 bits per heavy atom. The highest BCUT2D eigenvalue weighted by Crippen LogP contribution is 2.07. The van der Waals surface area contributed by atoms with Crippen molar-refractivity contribution in [1.29, 1.82) is 5.26 Å². The molecule has 0 radical (unpaired) electrons. The number of hydrogen-bond donors (Lipinski definition) is 0. The normalized spacial score (nSPS) is 9.53. The van der Waals surface area contributed by atoms with Crippen LogP contribution in [0.15, 0.2) is 30.5 Å². The first kappa shape index (κ1) is 9.09. The van der Waals surface area contributed by atoms with E-state index in [0.29, 0.717) is 11.8 Å². The third kappa shape index (κ3) is 1.74. The van der Waals surface area contributed by atoms with Crippen molar-refractivity contribution in [3.05, 3.63) is 41.7 Å². The van der Waals surface area contributed by atoms with Gasteiger partial charge in [0.1, 0.15) is 5.69 Å². The second-order valence-electron chi connectivity index (χ2n) is 2.86. The van der Waals surface area contributed by atoms with Gasteiger partial charge in [-0.05, 0) is 24.3 Å². The number of rotatable bonds is 2. The van der Waals surface area contributed by atoms with E-state index in [1.807, 2.05) is 6.07 Å². The predicted molar refractivity (Wildman–Crippen MR) is 51.5 cm³/mol. The molecule has 1 heterocycles. The molecule has 0 fully saturated rings. The molecule has 0 saturated carbocycles. The van der Waals surface area contributed by atoms with Gasteiger partial charge in [-0.25, -0.2) is 4.68 Å². The molecular formula is C10H6N4O. The minimum absolute atomic E-state index is 0.277. The summed E-state index contributed by atoms with van der Waals surface area (Å²) in [5, 5.41) is 16.0. The van der Waals surface area contributed by atoms with Crippen LogP contribution in [0.3, 0.4) is 0 Å². The number of nitrogens with zero attached hydrogens (tertiary/aromatic N) is 4. The average Bonchev–Trinajstić information content (AvgIpc) is 2.78. The lowest BCUT2D eigenvalue weighted by molar-refractivity contribution is 0.111. The zero-order valence-corrected chi connectivity index (χ0v) is 7.66. The first-order valence-corrected chi connectivity index (χ1v) is 4.21. The number of aldehydes is 1. The van der Waals surface area contributed by atoms with Crippen LogP contribution in [0.4, 0.5) is 0 Å². The zero-order chi connectivity index (χ0) is 10.7. The Balaban J connectivity index is 2.37. The molecule has 15 heavy (non-hydrogen) atoms. The molecule has 2 aromatic rings. The van der Waals surface area contributed by atoms with Gasteiger partial charge in [0.15, 0.2) is 6.29 Å². The molecular weight excluding hydrogens is 192 g/mol. The Labute approximate surface area is 85.6 Å². The molecule has 0 aliphatic heterocycles. The molecule has 2 rings (SSSR count). The number of hydrogen-bond acceptors (Lipinski definition) is 4. The quantitative estimate of drug-likeness (QED) is 0.673. The van der Waals surface area contributed by atoms with E-state index in [0.717, 1.165) is 5.69 Å². The first-order valence-electron chi connectivity index (χ1n) is 4.21. The maximum Gasteiger partial charge on any atom is 0.171 e. The lowest BCUT2D eigenvalue weighted by Crippen LogP contribution is -1.94. The Hall–Kier alpha value is -2.48. The maximum absolute atomic E-state index is 10.4. The summed E-state index contributed by atoms with van der Waals surface area (Å²) in [5.41, 5.74) is 1.61. The van der Waals surface area contributed by atoms with Crippen LogP contribution in [0, 0.1) is 11.3 Å². The maximum atomic E-state index is 10.4. The minimum atomic E-state index is 0.277. The lowest BCUT2D eigenvalue weighted by Gasteiger charge is -1.98. The average molecular weight is 198 g/mol. The highest BCUT2D eigenvalue weighted by Gasteiger charge is 2.01. The van der Waals surface area contributed by atoms with Crippen LogP contribution >= 0.6 is 0 Å². The summed E-state index contributed by atoms with van der Waals surface area (Å²) in [5.74, 6) is 0. The molecule has 72 valence electrons. The van der Waals surface area contributed by atoms with Crippen LogP contribution in [0.2, 0.25) is 0 Å². The number of carbonyl (C=O) groups excluding carboxylic acids is 1. The lowest BCUT2D eigenvalue weighted by atomic mass is 10.2. The van der Waals surface area contributed by atoms with Crippen molar-refractivity contribution in [1.82, 2.24) is 15.0 Å². The Morgan fingerprint density at radius 3 is 2.60 bits per heavy atom. The molecule has 0 N–H and O–H groups in total. The van der Waals surface area contributed by atoms with Gasteiger partial charge in [0.05, 0.1) is 23.5 Å². The monoisotopic (exact) mass is 198 g/mol. The largest absolute Gasteiger partial charge is 0.296 e. The molecule has 0 amide bonds. The Kier molecular flexibility index (Phi) is 2.25. The van der Waals surface area contributed by atoms with E-state index < -0.39 is 0 Å². The van der Waals surface area contributed by atoms with Crippen molar-refractivity contribution in [2.75, 3.05) is 0 Å². The van der Waals surface area contributed by atoms with Gasteiger partial charge in [-0.2, -0.15) is 5.26 Å². The van der Waals surface area contributed by atoms with Gasteiger partial charge in [0.2, 0.25) is 0 Å². The van der Waals surface area contributed by atoms with Crippen LogP contribution in [-0.4, -0.2) is 21.3 Å². The summed E-state index contributed by atoms with van der Waals surface area (Å²) in [6.07, 6.45) is 2.15. The minimum Gasteiger partial charge on any atom is -0.296 e. The Bertz CT molecular complexity index is 521. The number of nitriles is 1. The summed E-state index contributed by atoms with van der Waals surface area (Å²) >= 11 is 0. The van der Waals surface area contributed by atoms with Gasteiger partial charge >= 0.3 is 0 Å². The topological polar surface area (TPSA) is 71.6 Å². The van der Waals surface area contributed by atoms with Crippen molar-refractivity contribution in [3.8, 4) is 11.8 Å². The van der Waals surface area contributed by atoms with Gasteiger partial charge in [-0.1, -0.05) is 5.21 Å². The van der Waals surface area contributed by atoms with Crippen molar-refractivity contribution in [2.45, 2.75) is 0 Å². The molecule has 0 bridgehead atoms. The van der Waals surface area contributed by atoms with Crippen molar-refractivity contribution in [3.63, 3.8) is 0 Å². The van der Waals surface area contributed by atoms with E-state index in [9.17, 15) is 4.79 Å². The smallest absolute Gasteiger partial charge is 0.171 e. The molecule has 1 aromatic carbocycles. The number of aromatic nitrogens is 3. The van der Waals surface area contributed by atoms with Crippen LogP contribution in [0.5, 0.6) is 0 Å². The van der Waals surface area contributed by atoms with Gasteiger partial charge in [0.25, 0.3) is 0 Å². The predicted octanol–water partition coefficient (Wildman–Crippen LogP) is 0.951. The van der Waals surface area contributed by atoms with Gasteiger partial charge in [0, 0.05) is 0 Å². The highest BCUT2D eigenvalue weighted by atomic mass is 16.1. The fourth-order valence-corrected chi connectivity index (χ4v) is 1.15. The van der Waals surface area contributed by atoms with Crippen molar-refractivity contribution < 1.29 is 4.79 Å². The summed E-state index contributed by atoms with van der Waals surface area (Å²) in [6, 6.07) is 8.85. The van der Waals surface area contributed by atoms with Gasteiger partial charge < -0.3 is 0 Å². The van der Waals surface area contributed by atoms with Crippen LogP contribution < -0.4 is 0 Å². The molecule has 0 saturated heterocycles. The van der Waals surface area contributed by atoms with Gasteiger partial charge in [-0.3, -0.25) is 4.79 Å². The summed E-state index contributed by atoms with van der Waals surface area (Å²) < 4.78 is 1.48. The van der Waals surface area contributed by atoms with Crippen LogP contribution in [0.25, 0.3) is 5.69 Å². The summed E-state index contributed by atoms with van der Waals surface area (Å²) in [6.45, 7) is 0. The summed E-state index contributed by atoms with van der Waals surface area (Å²) in [4.78, 5) is 10.4. The standard InChI is InChI=1S/C10H6N4O/c11-5-8-1-3-10(4-2-8)14-6-9(7-15)12-13-14/h1-4,6-7H. The molecule has 5 nitrogen and oxygen atoms in total. The third-order valence-electron chi connectivity index (χ3n) is 1.89. The van der Waals surface area contributed by atoms with Gasteiger partial charge in [-0.15, -0.1) is 5.10 Å². The van der Waals surface area contributed by atoms with Crippen molar-refractivity contribution >= 4 is 6.29 Å². The van der Waals surface area contributed by atoms with E-state index in [4.69, 9.17) is 5.26 Å². The first-order chi connectivity index (χ1) is 7.33. The second-order valence-corrected chi connectivity index (χ2v) is 2.86. The molecule has 0 unspecified atom stereocenters. The van der Waals surface area contributed by atoms with Crippen molar-refractivity contribution in [2.24, 2.45) is 0 Å². The van der Waals surface area contributed by atoms with E-state index >= 15 is 0 Å². The number of carbonyl (C=O) groups is 1. The van der Waals surface area contributed by atoms with Crippen LogP contribution in [0.1, 0.15) is 16.1 Å². The molecule has 0 atom stereocenters. The fourth-order valence-electron chi connectivity index (χ4n) is 1.15. The van der Waals surface area contributed by atoms with E-state index in [2.05, 4.69) is 10.3 Å².